The number of rotatable bonds is 8. The molecule has 1 saturated heterocycles. The molecule has 1 heterocycles. The van der Waals surface area contributed by atoms with E-state index in [-0.39, 0.29) is 30.4 Å². The zero-order valence-corrected chi connectivity index (χ0v) is 17.8. The molecule has 1 aliphatic rings. The molecule has 1 aliphatic heterocycles. The maximum absolute atomic E-state index is 12.4. The summed E-state index contributed by atoms with van der Waals surface area (Å²) in [4.78, 5) is 38.2. The first kappa shape index (κ1) is 22.3. The Morgan fingerprint density at radius 3 is 2.45 bits per heavy atom. The summed E-state index contributed by atoms with van der Waals surface area (Å²) in [6, 6.07) is 13.8. The van der Waals surface area contributed by atoms with Gasteiger partial charge in [0.05, 0.1) is 12.6 Å². The predicted octanol–water partition coefficient (Wildman–Crippen LogP) is 2.35. The molecule has 8 nitrogen and oxygen atoms in total. The van der Waals surface area contributed by atoms with Crippen LogP contribution in [0.25, 0.3) is 0 Å². The van der Waals surface area contributed by atoms with E-state index >= 15 is 0 Å². The second kappa shape index (κ2) is 10.6. The van der Waals surface area contributed by atoms with E-state index in [0.29, 0.717) is 29.0 Å². The molecule has 0 bridgehead atoms. The van der Waals surface area contributed by atoms with Crippen LogP contribution in [0.2, 0.25) is 0 Å². The lowest BCUT2D eigenvalue weighted by Gasteiger charge is -2.13. The van der Waals surface area contributed by atoms with E-state index in [1.807, 2.05) is 0 Å². The summed E-state index contributed by atoms with van der Waals surface area (Å²) in [5.41, 5.74) is 2.22. The van der Waals surface area contributed by atoms with Gasteiger partial charge in [-0.2, -0.15) is 0 Å². The second-order valence-electron chi connectivity index (χ2n) is 7.61. The van der Waals surface area contributed by atoms with Crippen LogP contribution in [0, 0.1) is 0 Å². The highest BCUT2D eigenvalue weighted by Crippen LogP contribution is 2.14. The Bertz CT molecular complexity index is 939. The molecule has 0 saturated carbocycles. The summed E-state index contributed by atoms with van der Waals surface area (Å²) in [6.07, 6.45) is 2.07. The average Bonchev–Trinajstić information content (AvgIpc) is 3.29. The summed E-state index contributed by atoms with van der Waals surface area (Å²) in [5.74, 6) is -0.572. The number of nitrogens with one attached hydrogen (secondary N) is 3. The van der Waals surface area contributed by atoms with Crippen molar-refractivity contribution in [1.29, 1.82) is 0 Å². The molecule has 8 heteroatoms. The maximum atomic E-state index is 12.4. The van der Waals surface area contributed by atoms with Crippen LogP contribution < -0.4 is 16.0 Å². The zero-order chi connectivity index (χ0) is 22.2. The zero-order valence-electron chi connectivity index (χ0n) is 17.8. The number of benzene rings is 2. The minimum Gasteiger partial charge on any atom is -0.376 e. The molecule has 0 aromatic heterocycles. The van der Waals surface area contributed by atoms with Crippen LogP contribution in [-0.2, 0) is 9.53 Å². The predicted molar refractivity (Wildman–Crippen MR) is 119 cm³/mol. The normalized spacial score (nSPS) is 15.2. The average molecular weight is 425 g/mol. The van der Waals surface area contributed by atoms with Crippen LogP contribution in [-0.4, -0.2) is 62.5 Å². The monoisotopic (exact) mass is 424 g/mol. The molecule has 1 atom stereocenters. The van der Waals surface area contributed by atoms with Gasteiger partial charge in [0.1, 0.15) is 0 Å². The summed E-state index contributed by atoms with van der Waals surface area (Å²) in [6.45, 7) is 1.26. The van der Waals surface area contributed by atoms with Crippen LogP contribution in [0.1, 0.15) is 33.6 Å². The van der Waals surface area contributed by atoms with Gasteiger partial charge in [-0.15, -0.1) is 0 Å². The topological polar surface area (TPSA) is 99.8 Å². The molecule has 31 heavy (non-hydrogen) atoms. The van der Waals surface area contributed by atoms with E-state index in [0.717, 1.165) is 19.4 Å². The third-order valence-electron chi connectivity index (χ3n) is 4.89. The van der Waals surface area contributed by atoms with E-state index < -0.39 is 0 Å². The van der Waals surface area contributed by atoms with Crippen LogP contribution in [0.3, 0.4) is 0 Å². The SMILES string of the molecule is CN(C)C(=O)c1cccc(NC(=O)CNc2cccc(C(=O)NCC3CCCO3)c2)c1. The van der Waals surface area contributed by atoms with Gasteiger partial charge in [-0.25, -0.2) is 0 Å². The van der Waals surface area contributed by atoms with Gasteiger partial charge in [-0.3, -0.25) is 14.4 Å². The first-order valence-corrected chi connectivity index (χ1v) is 10.3. The Labute approximate surface area is 182 Å². The number of amides is 3. The number of anilines is 2. The molecular weight excluding hydrogens is 396 g/mol. The van der Waals surface area contributed by atoms with E-state index in [2.05, 4.69) is 16.0 Å². The van der Waals surface area contributed by atoms with E-state index in [4.69, 9.17) is 4.74 Å². The standard InChI is InChI=1S/C23H28N4O4/c1-27(2)23(30)17-7-4-9-19(13-17)26-21(28)15-24-18-8-3-6-16(12-18)22(29)25-14-20-10-5-11-31-20/h3-4,6-9,12-13,20,24H,5,10-11,14-15H2,1-2H3,(H,25,29)(H,26,28). The fraction of sp³-hybridized carbons (Fsp3) is 0.348. The smallest absolute Gasteiger partial charge is 0.253 e. The largest absolute Gasteiger partial charge is 0.376 e. The Kier molecular flexibility index (Phi) is 7.61. The number of carbonyl (C=O) groups is 3. The highest BCUT2D eigenvalue weighted by molar-refractivity contribution is 5.98. The summed E-state index contributed by atoms with van der Waals surface area (Å²) in [7, 11) is 3.35. The van der Waals surface area contributed by atoms with Crippen molar-refractivity contribution in [1.82, 2.24) is 10.2 Å². The van der Waals surface area contributed by atoms with Gasteiger partial charge in [0.25, 0.3) is 11.8 Å². The van der Waals surface area contributed by atoms with Crippen molar-refractivity contribution < 1.29 is 19.1 Å². The second-order valence-corrected chi connectivity index (χ2v) is 7.61. The molecular formula is C23H28N4O4. The Hall–Kier alpha value is -3.39. The minimum atomic E-state index is -0.261. The number of hydrogen-bond donors (Lipinski definition) is 3. The number of nitrogens with zero attached hydrogens (tertiary/aromatic N) is 1. The lowest BCUT2D eigenvalue weighted by Crippen LogP contribution is -2.31. The molecule has 0 radical (unpaired) electrons. The van der Waals surface area contributed by atoms with Crippen molar-refractivity contribution in [2.75, 3.05) is 44.4 Å². The highest BCUT2D eigenvalue weighted by Gasteiger charge is 2.17. The van der Waals surface area contributed by atoms with Gasteiger partial charge in [0.2, 0.25) is 5.91 Å². The summed E-state index contributed by atoms with van der Waals surface area (Å²) >= 11 is 0. The van der Waals surface area contributed by atoms with E-state index in [1.54, 1.807) is 62.6 Å². The molecule has 3 amide bonds. The minimum absolute atomic E-state index is 0.0207. The van der Waals surface area contributed by atoms with E-state index in [9.17, 15) is 14.4 Å². The van der Waals surface area contributed by atoms with Crippen LogP contribution in [0.5, 0.6) is 0 Å². The molecule has 3 rings (SSSR count). The third-order valence-corrected chi connectivity index (χ3v) is 4.89. The first-order valence-electron chi connectivity index (χ1n) is 10.3. The van der Waals surface area contributed by atoms with Gasteiger partial charge < -0.3 is 25.6 Å². The van der Waals surface area contributed by atoms with E-state index in [1.165, 1.54) is 4.90 Å². The van der Waals surface area contributed by atoms with Crippen molar-refractivity contribution in [3.63, 3.8) is 0 Å². The van der Waals surface area contributed by atoms with Gasteiger partial charge in [-0.05, 0) is 49.2 Å². The lowest BCUT2D eigenvalue weighted by atomic mass is 10.1. The van der Waals surface area contributed by atoms with Crippen LogP contribution >= 0.6 is 0 Å². The van der Waals surface area contributed by atoms with Crippen LogP contribution in [0.4, 0.5) is 11.4 Å². The van der Waals surface area contributed by atoms with Crippen LogP contribution in [0.15, 0.2) is 48.5 Å². The first-order chi connectivity index (χ1) is 14.9. The molecule has 0 spiro atoms. The summed E-state index contributed by atoms with van der Waals surface area (Å²) in [5, 5.41) is 8.68. The van der Waals surface area contributed by atoms with Crippen molar-refractivity contribution in [3.05, 3.63) is 59.7 Å². The Morgan fingerprint density at radius 1 is 1.03 bits per heavy atom. The number of carbonyl (C=O) groups excluding carboxylic acids is 3. The van der Waals surface area contributed by atoms with Crippen molar-refractivity contribution in [2.45, 2.75) is 18.9 Å². The maximum Gasteiger partial charge on any atom is 0.253 e. The quantitative estimate of drug-likeness (QED) is 0.604. The molecule has 0 aliphatic carbocycles. The molecule has 1 unspecified atom stereocenters. The summed E-state index contributed by atoms with van der Waals surface area (Å²) < 4.78 is 5.52. The Balaban J connectivity index is 1.51. The van der Waals surface area contributed by atoms with Crippen molar-refractivity contribution >= 4 is 29.1 Å². The number of ether oxygens (including phenoxy) is 1. The fourth-order valence-electron chi connectivity index (χ4n) is 3.26. The molecule has 3 N–H and O–H groups in total. The molecule has 1 fully saturated rings. The van der Waals surface area contributed by atoms with Gasteiger partial charge >= 0.3 is 0 Å². The third kappa shape index (κ3) is 6.55. The lowest BCUT2D eigenvalue weighted by molar-refractivity contribution is -0.114. The molecule has 2 aromatic carbocycles. The molecule has 2 aromatic rings. The van der Waals surface area contributed by atoms with Crippen molar-refractivity contribution in [3.8, 4) is 0 Å². The fourth-order valence-corrected chi connectivity index (χ4v) is 3.26. The van der Waals surface area contributed by atoms with Gasteiger partial charge in [0, 0.05) is 49.7 Å². The Morgan fingerprint density at radius 2 is 1.74 bits per heavy atom. The van der Waals surface area contributed by atoms with Gasteiger partial charge in [0.15, 0.2) is 0 Å². The van der Waals surface area contributed by atoms with Gasteiger partial charge in [-0.1, -0.05) is 12.1 Å². The highest BCUT2D eigenvalue weighted by atomic mass is 16.5. The number of hydrogen-bond acceptors (Lipinski definition) is 5. The van der Waals surface area contributed by atoms with Crippen molar-refractivity contribution in [2.24, 2.45) is 0 Å². The molecule has 164 valence electrons.